The summed E-state index contributed by atoms with van der Waals surface area (Å²) in [5.74, 6) is 0.870. The van der Waals surface area contributed by atoms with Gasteiger partial charge in [-0.25, -0.2) is 4.98 Å². The van der Waals surface area contributed by atoms with Gasteiger partial charge in [-0.2, -0.15) is 0 Å². The van der Waals surface area contributed by atoms with Gasteiger partial charge in [0.25, 0.3) is 0 Å². The van der Waals surface area contributed by atoms with Crippen LogP contribution in [0.5, 0.6) is 5.75 Å². The van der Waals surface area contributed by atoms with Crippen LogP contribution in [0.25, 0.3) is 40.2 Å². The smallest absolute Gasteiger partial charge is 0.139 e. The SMILES string of the molecule is CCCCCC=Cc1ccc2c(n1)[nH]c1ccc(C=Cc3ccc(OC)cc3)cc12. The van der Waals surface area contributed by atoms with Gasteiger partial charge in [0.2, 0.25) is 0 Å². The van der Waals surface area contributed by atoms with Gasteiger partial charge in [0.15, 0.2) is 0 Å². The van der Waals surface area contributed by atoms with Gasteiger partial charge < -0.3 is 9.72 Å². The third-order valence-electron chi connectivity index (χ3n) is 5.35. The molecule has 4 rings (SSSR count). The molecule has 152 valence electrons. The lowest BCUT2D eigenvalue weighted by Gasteiger charge is -1.99. The van der Waals surface area contributed by atoms with Crippen molar-refractivity contribution < 1.29 is 4.74 Å². The van der Waals surface area contributed by atoms with Crippen LogP contribution in [-0.4, -0.2) is 17.1 Å². The Morgan fingerprint density at radius 2 is 1.67 bits per heavy atom. The average Bonchev–Trinajstić information content (AvgIpc) is 3.15. The topological polar surface area (TPSA) is 37.9 Å². The molecule has 0 fully saturated rings. The fourth-order valence-electron chi connectivity index (χ4n) is 3.63. The molecule has 0 bridgehead atoms. The Bertz CT molecular complexity index is 1180. The lowest BCUT2D eigenvalue weighted by molar-refractivity contribution is 0.415. The van der Waals surface area contributed by atoms with Gasteiger partial charge in [0, 0.05) is 16.3 Å². The Kier molecular flexibility index (Phi) is 6.29. The normalized spacial score (nSPS) is 11.9. The first kappa shape index (κ1) is 20.0. The number of aromatic nitrogens is 2. The number of unbranched alkanes of at least 4 members (excludes halogenated alkanes) is 3. The van der Waals surface area contributed by atoms with Gasteiger partial charge >= 0.3 is 0 Å². The summed E-state index contributed by atoms with van der Waals surface area (Å²) in [5.41, 5.74) is 5.37. The zero-order valence-electron chi connectivity index (χ0n) is 17.7. The van der Waals surface area contributed by atoms with E-state index in [9.17, 15) is 0 Å². The monoisotopic (exact) mass is 396 g/mol. The largest absolute Gasteiger partial charge is 0.497 e. The summed E-state index contributed by atoms with van der Waals surface area (Å²) in [6, 6.07) is 18.8. The van der Waals surface area contributed by atoms with Crippen LogP contribution in [-0.2, 0) is 0 Å². The molecule has 0 aliphatic carbocycles. The fourth-order valence-corrected chi connectivity index (χ4v) is 3.63. The zero-order valence-corrected chi connectivity index (χ0v) is 17.7. The van der Waals surface area contributed by atoms with Crippen molar-refractivity contribution in [2.75, 3.05) is 7.11 Å². The lowest BCUT2D eigenvalue weighted by atomic mass is 10.1. The van der Waals surface area contributed by atoms with Gasteiger partial charge in [-0.05, 0) is 66.4 Å². The number of ether oxygens (including phenoxy) is 1. The highest BCUT2D eigenvalue weighted by molar-refractivity contribution is 6.06. The Labute approximate surface area is 178 Å². The number of methoxy groups -OCH3 is 1. The molecule has 0 saturated heterocycles. The summed E-state index contributed by atoms with van der Waals surface area (Å²) in [7, 11) is 1.68. The van der Waals surface area contributed by atoms with Gasteiger partial charge in [0.1, 0.15) is 11.4 Å². The van der Waals surface area contributed by atoms with Gasteiger partial charge in [-0.3, -0.25) is 0 Å². The minimum Gasteiger partial charge on any atom is -0.497 e. The van der Waals surface area contributed by atoms with E-state index in [2.05, 4.69) is 78.7 Å². The van der Waals surface area contributed by atoms with E-state index >= 15 is 0 Å². The van der Waals surface area contributed by atoms with Crippen molar-refractivity contribution in [1.82, 2.24) is 9.97 Å². The van der Waals surface area contributed by atoms with Gasteiger partial charge in [-0.15, -0.1) is 0 Å². The number of fused-ring (bicyclic) bond motifs is 3. The van der Waals surface area contributed by atoms with Crippen LogP contribution < -0.4 is 4.74 Å². The standard InChI is InChI=1S/C27H28N2O/c1-3-4-5-6-7-8-22-14-17-24-25-19-21(13-18-26(25)29-27(24)28-22)10-9-20-11-15-23(30-2)16-12-20/h7-19H,3-6H2,1-2H3,(H,28,29). The molecule has 0 aliphatic heterocycles. The quantitative estimate of drug-likeness (QED) is 0.247. The predicted octanol–water partition coefficient (Wildman–Crippen LogP) is 7.49. The molecular formula is C27H28N2O. The van der Waals surface area contributed by atoms with Crippen molar-refractivity contribution in [1.29, 1.82) is 0 Å². The fraction of sp³-hybridized carbons (Fsp3) is 0.222. The summed E-state index contributed by atoms with van der Waals surface area (Å²) >= 11 is 0. The molecule has 4 aromatic rings. The van der Waals surface area contributed by atoms with Crippen LogP contribution in [0.3, 0.4) is 0 Å². The lowest BCUT2D eigenvalue weighted by Crippen LogP contribution is -1.81. The highest BCUT2D eigenvalue weighted by Gasteiger charge is 2.06. The molecule has 3 heteroatoms. The highest BCUT2D eigenvalue weighted by atomic mass is 16.5. The number of allylic oxidation sites excluding steroid dienone is 1. The minimum atomic E-state index is 0.870. The first-order valence-corrected chi connectivity index (χ1v) is 10.7. The van der Waals surface area contributed by atoms with E-state index in [-0.39, 0.29) is 0 Å². The van der Waals surface area contributed by atoms with Crippen molar-refractivity contribution >= 4 is 40.2 Å². The second kappa shape index (κ2) is 9.45. The molecule has 0 saturated carbocycles. The Hall–Kier alpha value is -3.33. The maximum atomic E-state index is 5.22. The van der Waals surface area contributed by atoms with Crippen LogP contribution in [0.15, 0.2) is 60.7 Å². The number of nitrogens with one attached hydrogen (secondary N) is 1. The van der Waals surface area contributed by atoms with Crippen molar-refractivity contribution in [3.05, 3.63) is 77.5 Å². The second-order valence-electron chi connectivity index (χ2n) is 7.57. The number of hydrogen-bond acceptors (Lipinski definition) is 2. The van der Waals surface area contributed by atoms with Crippen molar-refractivity contribution in [3.63, 3.8) is 0 Å². The van der Waals surface area contributed by atoms with Crippen LogP contribution >= 0.6 is 0 Å². The summed E-state index contributed by atoms with van der Waals surface area (Å²) in [4.78, 5) is 8.26. The van der Waals surface area contributed by atoms with E-state index in [4.69, 9.17) is 9.72 Å². The highest BCUT2D eigenvalue weighted by Crippen LogP contribution is 2.26. The molecule has 30 heavy (non-hydrogen) atoms. The molecule has 0 atom stereocenters. The van der Waals surface area contributed by atoms with Gasteiger partial charge in [-0.1, -0.05) is 56.2 Å². The Morgan fingerprint density at radius 3 is 2.47 bits per heavy atom. The average molecular weight is 397 g/mol. The molecule has 0 amide bonds. The molecule has 1 N–H and O–H groups in total. The molecule has 0 radical (unpaired) electrons. The van der Waals surface area contributed by atoms with E-state index in [1.807, 2.05) is 12.1 Å². The Morgan fingerprint density at radius 1 is 0.867 bits per heavy atom. The number of nitrogens with zero attached hydrogens (tertiary/aromatic N) is 1. The third kappa shape index (κ3) is 4.62. The number of benzene rings is 2. The maximum absolute atomic E-state index is 5.22. The molecule has 0 aliphatic rings. The van der Waals surface area contributed by atoms with E-state index in [0.29, 0.717) is 0 Å². The number of hydrogen-bond donors (Lipinski definition) is 1. The molecule has 3 nitrogen and oxygen atoms in total. The summed E-state index contributed by atoms with van der Waals surface area (Å²) in [6.07, 6.45) is 13.5. The van der Waals surface area contributed by atoms with Crippen LogP contribution in [0, 0.1) is 0 Å². The third-order valence-corrected chi connectivity index (χ3v) is 5.35. The first-order valence-electron chi connectivity index (χ1n) is 10.7. The summed E-state index contributed by atoms with van der Waals surface area (Å²) < 4.78 is 5.22. The molecule has 2 aromatic carbocycles. The van der Waals surface area contributed by atoms with Crippen LogP contribution in [0.4, 0.5) is 0 Å². The van der Waals surface area contributed by atoms with E-state index in [0.717, 1.165) is 40.0 Å². The van der Waals surface area contributed by atoms with Crippen LogP contribution in [0.1, 0.15) is 49.4 Å². The number of pyridine rings is 1. The van der Waals surface area contributed by atoms with Crippen molar-refractivity contribution in [2.24, 2.45) is 0 Å². The molecule has 2 aromatic heterocycles. The Balaban J connectivity index is 1.55. The molecule has 2 heterocycles. The zero-order chi connectivity index (χ0) is 20.8. The van der Waals surface area contributed by atoms with E-state index in [1.54, 1.807) is 7.11 Å². The number of aromatic amines is 1. The maximum Gasteiger partial charge on any atom is 0.139 e. The first-order chi connectivity index (χ1) is 14.8. The van der Waals surface area contributed by atoms with E-state index in [1.165, 1.54) is 30.2 Å². The second-order valence-corrected chi connectivity index (χ2v) is 7.57. The van der Waals surface area contributed by atoms with Gasteiger partial charge in [0.05, 0.1) is 12.8 Å². The van der Waals surface area contributed by atoms with E-state index < -0.39 is 0 Å². The molecule has 0 spiro atoms. The molecule has 0 unspecified atom stereocenters. The number of H-pyrrole nitrogens is 1. The summed E-state index contributed by atoms with van der Waals surface area (Å²) in [6.45, 7) is 2.23. The minimum absolute atomic E-state index is 0.870. The summed E-state index contributed by atoms with van der Waals surface area (Å²) in [5, 5.41) is 2.36. The number of rotatable bonds is 8. The molecular weight excluding hydrogens is 368 g/mol. The predicted molar refractivity (Wildman–Crippen MR) is 129 cm³/mol. The van der Waals surface area contributed by atoms with Crippen molar-refractivity contribution in [2.45, 2.75) is 32.6 Å². The van der Waals surface area contributed by atoms with Crippen LogP contribution in [0.2, 0.25) is 0 Å². The van der Waals surface area contributed by atoms with Crippen molar-refractivity contribution in [3.8, 4) is 5.75 Å².